The minimum Gasteiger partial charge on any atom is -0.452 e. The van der Waals surface area contributed by atoms with Gasteiger partial charge in [-0.3, -0.25) is 4.79 Å². The Morgan fingerprint density at radius 1 is 1.43 bits per heavy atom. The summed E-state index contributed by atoms with van der Waals surface area (Å²) >= 11 is 5.64. The molecular weight excluding hydrogens is 330 g/mol. The van der Waals surface area contributed by atoms with Gasteiger partial charge in [0, 0.05) is 0 Å². The molecule has 2 rings (SSSR count). The van der Waals surface area contributed by atoms with Crippen molar-refractivity contribution in [2.45, 2.75) is 25.3 Å². The van der Waals surface area contributed by atoms with E-state index in [-0.39, 0.29) is 16.5 Å². The number of halogens is 3. The molecule has 1 aromatic carbocycles. The van der Waals surface area contributed by atoms with E-state index in [1.54, 1.807) is 6.92 Å². The number of esters is 1. The van der Waals surface area contributed by atoms with Crippen molar-refractivity contribution in [1.29, 1.82) is 5.26 Å². The Labute approximate surface area is 136 Å². The van der Waals surface area contributed by atoms with Crippen LogP contribution in [0.15, 0.2) is 12.1 Å². The minimum absolute atomic E-state index is 0.0767. The summed E-state index contributed by atoms with van der Waals surface area (Å²) in [7, 11) is 0. The van der Waals surface area contributed by atoms with E-state index < -0.39 is 35.7 Å². The van der Waals surface area contributed by atoms with Crippen LogP contribution in [0.5, 0.6) is 0 Å². The number of hydrogen-bond donors (Lipinski definition) is 1. The van der Waals surface area contributed by atoms with Gasteiger partial charge in [0.1, 0.15) is 5.54 Å². The van der Waals surface area contributed by atoms with Crippen molar-refractivity contribution in [2.24, 2.45) is 5.92 Å². The monoisotopic (exact) mass is 342 g/mol. The normalized spacial score (nSPS) is 16.1. The smallest absolute Gasteiger partial charge is 0.340 e. The molecule has 1 N–H and O–H groups in total. The number of nitrogens with one attached hydrogen (secondary N) is 1. The van der Waals surface area contributed by atoms with Crippen LogP contribution in [0.25, 0.3) is 0 Å². The highest BCUT2D eigenvalue weighted by Crippen LogP contribution is 2.39. The van der Waals surface area contributed by atoms with Gasteiger partial charge < -0.3 is 10.1 Å². The second-order valence-electron chi connectivity index (χ2n) is 5.46. The molecule has 0 aliphatic heterocycles. The molecule has 1 aliphatic rings. The molecule has 23 heavy (non-hydrogen) atoms. The number of hydrogen-bond acceptors (Lipinski definition) is 4. The van der Waals surface area contributed by atoms with Crippen molar-refractivity contribution in [3.63, 3.8) is 0 Å². The van der Waals surface area contributed by atoms with Gasteiger partial charge >= 0.3 is 5.97 Å². The number of nitriles is 1. The van der Waals surface area contributed by atoms with Crippen LogP contribution in [0.2, 0.25) is 5.02 Å². The quantitative estimate of drug-likeness (QED) is 0.659. The van der Waals surface area contributed by atoms with E-state index in [0.717, 1.165) is 12.8 Å². The Morgan fingerprint density at radius 2 is 2.04 bits per heavy atom. The van der Waals surface area contributed by atoms with E-state index in [9.17, 15) is 18.4 Å². The van der Waals surface area contributed by atoms with Crippen LogP contribution < -0.4 is 5.32 Å². The molecule has 0 unspecified atom stereocenters. The highest BCUT2D eigenvalue weighted by Gasteiger charge is 2.43. The SMILES string of the molecule is C[C@](C#N)(NC(=O)COC(=O)c1cc(F)c(F)cc1Cl)C1CC1. The molecule has 5 nitrogen and oxygen atoms in total. The number of rotatable bonds is 5. The number of carbonyl (C=O) groups is 2. The van der Waals surface area contributed by atoms with Gasteiger partial charge in [-0.15, -0.1) is 0 Å². The molecule has 0 aromatic heterocycles. The van der Waals surface area contributed by atoms with Gasteiger partial charge in [-0.1, -0.05) is 11.6 Å². The van der Waals surface area contributed by atoms with Gasteiger partial charge in [0.25, 0.3) is 5.91 Å². The van der Waals surface area contributed by atoms with Gasteiger partial charge in [-0.25, -0.2) is 13.6 Å². The maximum Gasteiger partial charge on any atom is 0.340 e. The Balaban J connectivity index is 1.95. The van der Waals surface area contributed by atoms with Crippen LogP contribution in [-0.4, -0.2) is 24.0 Å². The van der Waals surface area contributed by atoms with Crippen molar-refractivity contribution in [3.8, 4) is 6.07 Å². The molecular formula is C15H13ClF2N2O3. The van der Waals surface area contributed by atoms with Crippen molar-refractivity contribution >= 4 is 23.5 Å². The van der Waals surface area contributed by atoms with Gasteiger partial charge in [-0.2, -0.15) is 5.26 Å². The Morgan fingerprint density at radius 3 is 2.61 bits per heavy atom. The third-order valence-electron chi connectivity index (χ3n) is 3.59. The molecule has 1 saturated carbocycles. The Hall–Kier alpha value is -2.20. The number of amides is 1. The van der Waals surface area contributed by atoms with Crippen molar-refractivity contribution < 1.29 is 23.1 Å². The van der Waals surface area contributed by atoms with Crippen molar-refractivity contribution in [1.82, 2.24) is 5.32 Å². The zero-order valence-corrected chi connectivity index (χ0v) is 12.9. The van der Waals surface area contributed by atoms with Crippen LogP contribution in [0.1, 0.15) is 30.1 Å². The van der Waals surface area contributed by atoms with Crippen molar-refractivity contribution in [2.75, 3.05) is 6.61 Å². The highest BCUT2D eigenvalue weighted by molar-refractivity contribution is 6.33. The topological polar surface area (TPSA) is 79.2 Å². The first-order chi connectivity index (χ1) is 10.8. The third-order valence-corrected chi connectivity index (χ3v) is 3.90. The van der Waals surface area contributed by atoms with Gasteiger partial charge in [0.2, 0.25) is 0 Å². The Bertz CT molecular complexity index is 701. The van der Waals surface area contributed by atoms with Crippen molar-refractivity contribution in [3.05, 3.63) is 34.4 Å². The van der Waals surface area contributed by atoms with E-state index in [0.29, 0.717) is 12.1 Å². The third kappa shape index (κ3) is 3.96. The molecule has 0 saturated heterocycles. The molecule has 0 heterocycles. The summed E-state index contributed by atoms with van der Waals surface area (Å²) in [6.45, 7) is 0.939. The zero-order valence-electron chi connectivity index (χ0n) is 12.2. The molecule has 122 valence electrons. The molecule has 0 radical (unpaired) electrons. The average Bonchev–Trinajstić information content (AvgIpc) is 3.33. The first-order valence-electron chi connectivity index (χ1n) is 6.81. The number of benzene rings is 1. The number of carbonyl (C=O) groups excluding carboxylic acids is 2. The molecule has 1 aliphatic carbocycles. The maximum absolute atomic E-state index is 13.1. The van der Waals surface area contributed by atoms with Crippen LogP contribution >= 0.6 is 11.6 Å². The summed E-state index contributed by atoms with van der Waals surface area (Å²) in [4.78, 5) is 23.6. The van der Waals surface area contributed by atoms with Gasteiger partial charge in [0.05, 0.1) is 16.7 Å². The predicted molar refractivity (Wildman–Crippen MR) is 76.5 cm³/mol. The van der Waals surface area contributed by atoms with Crippen LogP contribution in [0, 0.1) is 28.9 Å². The molecule has 0 spiro atoms. The van der Waals surface area contributed by atoms with E-state index in [4.69, 9.17) is 21.6 Å². The summed E-state index contributed by atoms with van der Waals surface area (Å²) in [6.07, 6.45) is 1.68. The van der Waals surface area contributed by atoms with Crippen LogP contribution in [-0.2, 0) is 9.53 Å². The number of nitrogens with zero attached hydrogens (tertiary/aromatic N) is 1. The summed E-state index contributed by atoms with van der Waals surface area (Å²) < 4.78 is 30.8. The second kappa shape index (κ2) is 6.50. The maximum atomic E-state index is 13.1. The lowest BCUT2D eigenvalue weighted by molar-refractivity contribution is -0.125. The lowest BCUT2D eigenvalue weighted by atomic mass is 9.98. The minimum atomic E-state index is -1.25. The van der Waals surface area contributed by atoms with E-state index in [1.807, 2.05) is 6.07 Å². The standard InChI is InChI=1S/C15H13ClF2N2O3/c1-15(7-19,8-2-3-8)20-13(21)6-23-14(22)9-4-11(17)12(18)5-10(9)16/h4-5,8H,2-3,6H2,1H3,(H,20,21)/t15-/m1/s1. The fraction of sp³-hybridized carbons (Fsp3) is 0.400. The van der Waals surface area contributed by atoms with Gasteiger partial charge in [0.15, 0.2) is 18.2 Å². The average molecular weight is 343 g/mol. The van der Waals surface area contributed by atoms with Crippen LogP contribution in [0.3, 0.4) is 0 Å². The molecule has 1 aromatic rings. The molecule has 0 bridgehead atoms. The number of ether oxygens (including phenoxy) is 1. The van der Waals surface area contributed by atoms with Gasteiger partial charge in [-0.05, 0) is 37.8 Å². The van der Waals surface area contributed by atoms with E-state index in [1.165, 1.54) is 0 Å². The molecule has 1 fully saturated rings. The molecule has 1 atom stereocenters. The van der Waals surface area contributed by atoms with Crippen LogP contribution in [0.4, 0.5) is 8.78 Å². The molecule has 8 heteroatoms. The summed E-state index contributed by atoms with van der Waals surface area (Å²) in [5.41, 5.74) is -1.40. The zero-order chi connectivity index (χ0) is 17.2. The summed E-state index contributed by atoms with van der Waals surface area (Å²) in [5, 5.41) is 11.3. The lowest BCUT2D eigenvalue weighted by Gasteiger charge is -2.22. The predicted octanol–water partition coefficient (Wildman–Crippen LogP) is 2.58. The second-order valence-corrected chi connectivity index (χ2v) is 5.87. The van der Waals surface area contributed by atoms with E-state index >= 15 is 0 Å². The molecule has 1 amide bonds. The first kappa shape index (κ1) is 17.2. The summed E-state index contributed by atoms with van der Waals surface area (Å²) in [6, 6.07) is 3.27. The fourth-order valence-corrected chi connectivity index (χ4v) is 2.32. The summed E-state index contributed by atoms with van der Waals surface area (Å²) in [5.74, 6) is -4.09. The fourth-order valence-electron chi connectivity index (χ4n) is 2.10. The van der Waals surface area contributed by atoms with E-state index in [2.05, 4.69) is 5.32 Å². The first-order valence-corrected chi connectivity index (χ1v) is 7.18. The largest absolute Gasteiger partial charge is 0.452 e. The highest BCUT2D eigenvalue weighted by atomic mass is 35.5. The lowest BCUT2D eigenvalue weighted by Crippen LogP contribution is -2.48. The Kier molecular flexibility index (Phi) is 4.85.